The van der Waals surface area contributed by atoms with Gasteiger partial charge < -0.3 is 15.2 Å². The van der Waals surface area contributed by atoms with Gasteiger partial charge in [0, 0.05) is 4.47 Å². The number of carbonyl (C=O) groups is 2. The molecule has 1 amide bonds. The van der Waals surface area contributed by atoms with E-state index < -0.39 is 18.0 Å². The molecule has 5 nitrogen and oxygen atoms in total. The number of primary amides is 1. The van der Waals surface area contributed by atoms with E-state index in [9.17, 15) is 9.59 Å². The lowest BCUT2D eigenvalue weighted by atomic mass is 10.3. The van der Waals surface area contributed by atoms with Crippen molar-refractivity contribution in [3.05, 3.63) is 27.7 Å². The Bertz CT molecular complexity index is 466. The van der Waals surface area contributed by atoms with Crippen LogP contribution in [-0.4, -0.2) is 24.6 Å². The van der Waals surface area contributed by atoms with Crippen molar-refractivity contribution in [1.82, 2.24) is 0 Å². The molecule has 0 aliphatic rings. The summed E-state index contributed by atoms with van der Waals surface area (Å²) in [4.78, 5) is 22.0. The summed E-state index contributed by atoms with van der Waals surface area (Å²) in [7, 11) is 0. The van der Waals surface area contributed by atoms with Crippen LogP contribution in [0.1, 0.15) is 6.92 Å². The number of halogens is 2. The normalized spacial score (nSPS) is 11.7. The Kier molecular flexibility index (Phi) is 5.43. The van der Waals surface area contributed by atoms with Crippen LogP contribution in [0.5, 0.6) is 5.75 Å². The maximum atomic E-state index is 11.3. The van der Waals surface area contributed by atoms with Crippen LogP contribution in [0.15, 0.2) is 22.7 Å². The molecule has 18 heavy (non-hydrogen) atoms. The van der Waals surface area contributed by atoms with Gasteiger partial charge in [-0.2, -0.15) is 0 Å². The van der Waals surface area contributed by atoms with Crippen molar-refractivity contribution in [2.75, 3.05) is 6.61 Å². The third kappa shape index (κ3) is 4.54. The van der Waals surface area contributed by atoms with Gasteiger partial charge in [0.1, 0.15) is 5.75 Å². The predicted molar refractivity (Wildman–Crippen MR) is 69.4 cm³/mol. The van der Waals surface area contributed by atoms with E-state index in [1.165, 1.54) is 6.92 Å². The van der Waals surface area contributed by atoms with E-state index in [0.717, 1.165) is 4.47 Å². The third-order valence-electron chi connectivity index (χ3n) is 1.95. The molecule has 0 spiro atoms. The summed E-state index contributed by atoms with van der Waals surface area (Å²) in [5.41, 5.74) is 4.95. The Balaban J connectivity index is 2.50. The standard InChI is InChI=1S/C11H11BrClNO4/c1-6(11(14)16)18-10(15)5-17-9-3-2-7(12)4-8(9)13/h2-4,6H,5H2,1H3,(H2,14,16). The second-order valence-corrected chi connectivity index (χ2v) is 4.72. The quantitative estimate of drug-likeness (QED) is 0.833. The van der Waals surface area contributed by atoms with Crippen molar-refractivity contribution in [3.63, 3.8) is 0 Å². The Hall–Kier alpha value is -1.27. The Morgan fingerprint density at radius 2 is 2.17 bits per heavy atom. The molecular weight excluding hydrogens is 325 g/mol. The van der Waals surface area contributed by atoms with Crippen LogP contribution in [0.3, 0.4) is 0 Å². The first-order valence-corrected chi connectivity index (χ1v) is 6.14. The minimum absolute atomic E-state index is 0.348. The highest BCUT2D eigenvalue weighted by atomic mass is 79.9. The molecule has 0 aromatic heterocycles. The van der Waals surface area contributed by atoms with Gasteiger partial charge >= 0.3 is 5.97 Å². The Morgan fingerprint density at radius 1 is 1.50 bits per heavy atom. The van der Waals surface area contributed by atoms with Crippen LogP contribution >= 0.6 is 27.5 Å². The van der Waals surface area contributed by atoms with Crippen molar-refractivity contribution in [3.8, 4) is 5.75 Å². The van der Waals surface area contributed by atoms with Crippen molar-refractivity contribution in [2.24, 2.45) is 5.73 Å². The van der Waals surface area contributed by atoms with Gasteiger partial charge in [0.15, 0.2) is 12.7 Å². The van der Waals surface area contributed by atoms with Gasteiger partial charge in [0.05, 0.1) is 5.02 Å². The predicted octanol–water partition coefficient (Wildman–Crippen LogP) is 1.90. The van der Waals surface area contributed by atoms with Crippen LogP contribution < -0.4 is 10.5 Å². The molecule has 0 saturated carbocycles. The van der Waals surface area contributed by atoms with E-state index in [1.54, 1.807) is 18.2 Å². The zero-order chi connectivity index (χ0) is 13.7. The molecule has 0 aliphatic carbocycles. The first-order valence-electron chi connectivity index (χ1n) is 4.97. The minimum atomic E-state index is -0.985. The number of benzene rings is 1. The Labute approximate surface area is 117 Å². The van der Waals surface area contributed by atoms with Crippen LogP contribution in [0.25, 0.3) is 0 Å². The zero-order valence-corrected chi connectivity index (χ0v) is 11.8. The molecule has 2 N–H and O–H groups in total. The Morgan fingerprint density at radius 3 is 2.72 bits per heavy atom. The fraction of sp³-hybridized carbons (Fsp3) is 0.273. The molecule has 0 radical (unpaired) electrons. The van der Waals surface area contributed by atoms with E-state index in [2.05, 4.69) is 15.9 Å². The number of nitrogens with two attached hydrogens (primary N) is 1. The number of ether oxygens (including phenoxy) is 2. The SMILES string of the molecule is CC(OC(=O)COc1ccc(Br)cc1Cl)C(N)=O. The summed E-state index contributed by atoms with van der Waals surface area (Å²) >= 11 is 9.13. The highest BCUT2D eigenvalue weighted by Crippen LogP contribution is 2.27. The maximum absolute atomic E-state index is 11.3. The minimum Gasteiger partial charge on any atom is -0.480 e. The van der Waals surface area contributed by atoms with E-state index in [-0.39, 0.29) is 6.61 Å². The molecule has 0 bridgehead atoms. The molecule has 1 rings (SSSR count). The van der Waals surface area contributed by atoms with Crippen LogP contribution in [0.2, 0.25) is 5.02 Å². The summed E-state index contributed by atoms with van der Waals surface area (Å²) in [5, 5.41) is 0.361. The summed E-state index contributed by atoms with van der Waals surface area (Å²) in [6, 6.07) is 4.96. The fourth-order valence-electron chi connectivity index (χ4n) is 1.02. The molecule has 1 unspecified atom stereocenters. The van der Waals surface area contributed by atoms with Crippen molar-refractivity contribution in [2.45, 2.75) is 13.0 Å². The number of amides is 1. The highest BCUT2D eigenvalue weighted by molar-refractivity contribution is 9.10. The molecule has 98 valence electrons. The molecule has 1 aromatic carbocycles. The largest absolute Gasteiger partial charge is 0.480 e. The van der Waals surface area contributed by atoms with Gasteiger partial charge in [-0.3, -0.25) is 4.79 Å². The first kappa shape index (κ1) is 14.8. The van der Waals surface area contributed by atoms with Crippen LogP contribution in [0, 0.1) is 0 Å². The molecule has 1 aromatic rings. The summed E-state index contributed by atoms with van der Waals surface area (Å²) < 4.78 is 10.7. The van der Waals surface area contributed by atoms with Gasteiger partial charge in [-0.15, -0.1) is 0 Å². The zero-order valence-electron chi connectivity index (χ0n) is 9.48. The number of rotatable bonds is 5. The van der Waals surface area contributed by atoms with Crippen molar-refractivity contribution < 1.29 is 19.1 Å². The number of esters is 1. The second kappa shape index (κ2) is 6.61. The van der Waals surface area contributed by atoms with Crippen LogP contribution in [0.4, 0.5) is 0 Å². The molecule has 0 saturated heterocycles. The average Bonchev–Trinajstić information content (AvgIpc) is 2.27. The number of hydrogen-bond acceptors (Lipinski definition) is 4. The van der Waals surface area contributed by atoms with Crippen molar-refractivity contribution >= 4 is 39.4 Å². The smallest absolute Gasteiger partial charge is 0.344 e. The summed E-state index contributed by atoms with van der Waals surface area (Å²) in [5.74, 6) is -1.06. The lowest BCUT2D eigenvalue weighted by Crippen LogP contribution is -2.32. The van der Waals surface area contributed by atoms with Crippen LogP contribution in [-0.2, 0) is 14.3 Å². The van der Waals surface area contributed by atoms with Crippen molar-refractivity contribution in [1.29, 1.82) is 0 Å². The lowest BCUT2D eigenvalue weighted by Gasteiger charge is -2.11. The molecule has 7 heteroatoms. The molecule has 0 aliphatic heterocycles. The fourth-order valence-corrected chi connectivity index (χ4v) is 1.75. The van der Waals surface area contributed by atoms with Gasteiger partial charge in [-0.05, 0) is 25.1 Å². The molecular formula is C11H11BrClNO4. The third-order valence-corrected chi connectivity index (χ3v) is 2.74. The molecule has 0 fully saturated rings. The lowest BCUT2D eigenvalue weighted by molar-refractivity contribution is -0.155. The van der Waals surface area contributed by atoms with Gasteiger partial charge in [0.25, 0.3) is 5.91 Å². The number of hydrogen-bond donors (Lipinski definition) is 1. The first-order chi connectivity index (χ1) is 8.40. The van der Waals surface area contributed by atoms with E-state index in [0.29, 0.717) is 10.8 Å². The molecule has 0 heterocycles. The average molecular weight is 337 g/mol. The maximum Gasteiger partial charge on any atom is 0.344 e. The summed E-state index contributed by atoms with van der Waals surface area (Å²) in [6.45, 7) is 1.03. The van der Waals surface area contributed by atoms with Gasteiger partial charge in [0.2, 0.25) is 0 Å². The number of carbonyl (C=O) groups excluding carboxylic acids is 2. The highest BCUT2D eigenvalue weighted by Gasteiger charge is 2.15. The topological polar surface area (TPSA) is 78.6 Å². The van der Waals surface area contributed by atoms with E-state index in [1.807, 2.05) is 0 Å². The second-order valence-electron chi connectivity index (χ2n) is 3.40. The van der Waals surface area contributed by atoms with E-state index in [4.69, 9.17) is 26.8 Å². The van der Waals surface area contributed by atoms with Gasteiger partial charge in [-0.25, -0.2) is 4.79 Å². The summed E-state index contributed by atoms with van der Waals surface area (Å²) in [6.07, 6.45) is -0.985. The van der Waals surface area contributed by atoms with Gasteiger partial charge in [-0.1, -0.05) is 27.5 Å². The molecule has 1 atom stereocenters. The monoisotopic (exact) mass is 335 g/mol. The van der Waals surface area contributed by atoms with E-state index >= 15 is 0 Å².